The number of nitrogens with zero attached hydrogens (tertiary/aromatic N) is 1. The highest BCUT2D eigenvalue weighted by Crippen LogP contribution is 2.62. The van der Waals surface area contributed by atoms with Crippen molar-refractivity contribution in [1.82, 2.24) is 4.57 Å². The molecule has 11 rings (SSSR count). The molecule has 8 aromatic carbocycles. The van der Waals surface area contributed by atoms with Crippen molar-refractivity contribution in [2.24, 2.45) is 0 Å². The van der Waals surface area contributed by atoms with Crippen LogP contribution in [0.15, 0.2) is 208 Å². The van der Waals surface area contributed by atoms with Crippen LogP contribution in [0.25, 0.3) is 49.7 Å². The summed E-state index contributed by atoms with van der Waals surface area (Å²) in [7, 11) is 0. The quantitative estimate of drug-likeness (QED) is 0.181. The van der Waals surface area contributed by atoms with Gasteiger partial charge in [-0.1, -0.05) is 151 Å². The molecule has 52 heavy (non-hydrogen) atoms. The van der Waals surface area contributed by atoms with E-state index in [1.54, 1.807) is 0 Å². The van der Waals surface area contributed by atoms with E-state index in [1.807, 2.05) is 23.5 Å². The molecule has 0 N–H and O–H groups in total. The second kappa shape index (κ2) is 11.6. The van der Waals surface area contributed by atoms with E-state index in [1.165, 1.54) is 91.6 Å². The highest BCUT2D eigenvalue weighted by atomic mass is 32.2. The Morgan fingerprint density at radius 2 is 0.865 bits per heavy atom. The van der Waals surface area contributed by atoms with Crippen molar-refractivity contribution in [3.63, 3.8) is 0 Å². The first-order valence-electron chi connectivity index (χ1n) is 17.8. The lowest BCUT2D eigenvalue weighted by Gasteiger charge is -2.45. The van der Waals surface area contributed by atoms with Gasteiger partial charge in [-0.3, -0.25) is 0 Å². The molecule has 3 heteroatoms. The Morgan fingerprint density at radius 1 is 0.327 bits per heavy atom. The maximum atomic E-state index is 2.50. The normalized spacial score (nSPS) is 15.6. The lowest BCUT2D eigenvalue weighted by atomic mass is 9.64. The van der Waals surface area contributed by atoms with Crippen LogP contribution in [-0.2, 0) is 5.41 Å². The number of rotatable bonds is 3. The standard InChI is InChI=1S/C49H31NS2/c1-3-13-32(14-4-1)35-23-26-41-48(31-35)52-46-22-12-9-19-40(46)49(41)39-18-8-11-21-45(39)51-47-28-25-34(30-42(47)49)33-24-27-44-38(29-33)37-17-7-10-20-43(37)50(44)36-15-5-2-6-16-36/h1-31H. The summed E-state index contributed by atoms with van der Waals surface area (Å²) < 4.78 is 2.39. The molecule has 0 saturated heterocycles. The zero-order valence-corrected chi connectivity index (χ0v) is 29.8. The SMILES string of the molecule is c1ccc(-c2ccc3c(c2)Sc2ccccc2C32c3ccccc3Sc3ccc(-c4ccc5c(c4)c4ccccc4n5-c4ccccc4)cc32)cc1. The summed E-state index contributed by atoms with van der Waals surface area (Å²) >= 11 is 3.80. The Hall–Kier alpha value is -5.74. The second-order valence-corrected chi connectivity index (χ2v) is 15.8. The largest absolute Gasteiger partial charge is 0.309 e. The molecule has 0 bridgehead atoms. The molecule has 0 saturated carbocycles. The van der Waals surface area contributed by atoms with Gasteiger partial charge in [0.2, 0.25) is 0 Å². The summed E-state index contributed by atoms with van der Waals surface area (Å²) in [5.41, 5.74) is 13.5. The summed E-state index contributed by atoms with van der Waals surface area (Å²) in [5, 5.41) is 2.53. The van der Waals surface area contributed by atoms with Gasteiger partial charge in [-0.25, -0.2) is 0 Å². The van der Waals surface area contributed by atoms with Gasteiger partial charge in [0, 0.05) is 36.0 Å². The average Bonchev–Trinajstić information content (AvgIpc) is 3.55. The van der Waals surface area contributed by atoms with Crippen molar-refractivity contribution in [2.75, 3.05) is 0 Å². The Labute approximate surface area is 311 Å². The van der Waals surface area contributed by atoms with Crippen molar-refractivity contribution < 1.29 is 0 Å². The van der Waals surface area contributed by atoms with Gasteiger partial charge in [-0.05, 0) is 105 Å². The van der Waals surface area contributed by atoms with Gasteiger partial charge in [0.25, 0.3) is 0 Å². The molecule has 1 atom stereocenters. The molecule has 1 aromatic heterocycles. The van der Waals surface area contributed by atoms with E-state index in [-0.39, 0.29) is 0 Å². The summed E-state index contributed by atoms with van der Waals surface area (Å²) in [4.78, 5) is 5.25. The molecule has 2 aliphatic rings. The van der Waals surface area contributed by atoms with Gasteiger partial charge < -0.3 is 4.57 Å². The summed E-state index contributed by atoms with van der Waals surface area (Å²) in [6, 6.07) is 69.8. The topological polar surface area (TPSA) is 4.93 Å². The predicted molar refractivity (Wildman–Crippen MR) is 218 cm³/mol. The molecule has 0 radical (unpaired) electrons. The minimum absolute atomic E-state index is 0.465. The third-order valence-corrected chi connectivity index (χ3v) is 13.2. The van der Waals surface area contributed by atoms with Gasteiger partial charge in [-0.2, -0.15) is 0 Å². The smallest absolute Gasteiger partial charge is 0.0745 e. The van der Waals surface area contributed by atoms with Crippen molar-refractivity contribution in [3.05, 3.63) is 210 Å². The highest BCUT2D eigenvalue weighted by Gasteiger charge is 2.48. The first-order valence-corrected chi connectivity index (χ1v) is 19.4. The van der Waals surface area contributed by atoms with Crippen LogP contribution in [0, 0.1) is 0 Å². The van der Waals surface area contributed by atoms with E-state index in [4.69, 9.17) is 0 Å². The molecule has 9 aromatic rings. The van der Waals surface area contributed by atoms with Crippen molar-refractivity contribution >= 4 is 45.3 Å². The molecule has 1 nitrogen and oxygen atoms in total. The minimum atomic E-state index is -0.465. The first kappa shape index (κ1) is 29.9. The zero-order chi connectivity index (χ0) is 34.2. The Bertz CT molecular complexity index is 2840. The molecule has 2 aliphatic heterocycles. The van der Waals surface area contributed by atoms with Crippen LogP contribution in [0.3, 0.4) is 0 Å². The fourth-order valence-electron chi connectivity index (χ4n) is 8.66. The second-order valence-electron chi connectivity index (χ2n) is 13.7. The third kappa shape index (κ3) is 4.33. The Morgan fingerprint density at radius 3 is 1.65 bits per heavy atom. The number of para-hydroxylation sites is 2. The number of fused-ring (bicyclic) bond motifs is 11. The maximum absolute atomic E-state index is 2.50. The number of hydrogen-bond donors (Lipinski definition) is 0. The van der Waals surface area contributed by atoms with E-state index in [0.29, 0.717) is 0 Å². The van der Waals surface area contributed by atoms with E-state index < -0.39 is 5.41 Å². The number of benzene rings is 8. The Balaban J connectivity index is 1.16. The molecule has 0 aliphatic carbocycles. The van der Waals surface area contributed by atoms with Crippen LogP contribution >= 0.6 is 23.5 Å². The predicted octanol–water partition coefficient (Wildman–Crippen LogP) is 13.4. The molecule has 3 heterocycles. The van der Waals surface area contributed by atoms with Gasteiger partial charge in [0.15, 0.2) is 0 Å². The van der Waals surface area contributed by atoms with Gasteiger partial charge in [-0.15, -0.1) is 0 Å². The van der Waals surface area contributed by atoms with Crippen LogP contribution < -0.4 is 0 Å². The highest BCUT2D eigenvalue weighted by molar-refractivity contribution is 8.00. The molecule has 0 fully saturated rings. The molecule has 1 unspecified atom stereocenters. The van der Waals surface area contributed by atoms with E-state index >= 15 is 0 Å². The summed E-state index contributed by atoms with van der Waals surface area (Å²) in [6.07, 6.45) is 0. The first-order chi connectivity index (χ1) is 25.8. The Kier molecular flexibility index (Phi) is 6.70. The zero-order valence-electron chi connectivity index (χ0n) is 28.2. The fourth-order valence-corrected chi connectivity index (χ4v) is 11.1. The fraction of sp³-hybridized carbons (Fsp3) is 0.0204. The van der Waals surface area contributed by atoms with E-state index in [9.17, 15) is 0 Å². The molecule has 1 spiro atoms. The van der Waals surface area contributed by atoms with Crippen LogP contribution in [0.5, 0.6) is 0 Å². The lowest BCUT2D eigenvalue weighted by Crippen LogP contribution is -2.36. The number of aromatic nitrogens is 1. The summed E-state index contributed by atoms with van der Waals surface area (Å²) in [5.74, 6) is 0. The maximum Gasteiger partial charge on any atom is 0.0745 e. The van der Waals surface area contributed by atoms with Gasteiger partial charge in [0.05, 0.1) is 16.4 Å². The van der Waals surface area contributed by atoms with E-state index in [2.05, 4.69) is 193 Å². The summed E-state index contributed by atoms with van der Waals surface area (Å²) in [6.45, 7) is 0. The molecular weight excluding hydrogens is 667 g/mol. The number of hydrogen-bond acceptors (Lipinski definition) is 2. The van der Waals surface area contributed by atoms with Crippen molar-refractivity contribution in [2.45, 2.75) is 25.0 Å². The third-order valence-electron chi connectivity index (χ3n) is 10.9. The van der Waals surface area contributed by atoms with Crippen LogP contribution in [0.1, 0.15) is 22.3 Å². The monoisotopic (exact) mass is 697 g/mol. The molecular formula is C49H31NS2. The van der Waals surface area contributed by atoms with Crippen molar-refractivity contribution in [3.8, 4) is 27.9 Å². The average molecular weight is 698 g/mol. The van der Waals surface area contributed by atoms with Gasteiger partial charge >= 0.3 is 0 Å². The molecule has 0 amide bonds. The van der Waals surface area contributed by atoms with Crippen LogP contribution in [0.4, 0.5) is 0 Å². The van der Waals surface area contributed by atoms with Crippen LogP contribution in [-0.4, -0.2) is 4.57 Å². The minimum Gasteiger partial charge on any atom is -0.309 e. The van der Waals surface area contributed by atoms with Crippen molar-refractivity contribution in [1.29, 1.82) is 0 Å². The molecule has 244 valence electrons. The lowest BCUT2D eigenvalue weighted by molar-refractivity contribution is 0.667. The van der Waals surface area contributed by atoms with E-state index in [0.717, 1.165) is 0 Å². The van der Waals surface area contributed by atoms with Crippen LogP contribution in [0.2, 0.25) is 0 Å². The van der Waals surface area contributed by atoms with Gasteiger partial charge in [0.1, 0.15) is 0 Å².